The fourth-order valence-corrected chi connectivity index (χ4v) is 2.13. The minimum absolute atomic E-state index is 0.0215. The van der Waals surface area contributed by atoms with Crippen molar-refractivity contribution in [1.29, 1.82) is 0 Å². The number of halogens is 3. The molecule has 0 heterocycles. The van der Waals surface area contributed by atoms with Crippen LogP contribution >= 0.6 is 11.6 Å². The lowest BCUT2D eigenvalue weighted by Crippen LogP contribution is -2.30. The second-order valence-corrected chi connectivity index (χ2v) is 5.42. The number of anilines is 1. The molecular formula is C17H14ClF2NO3. The predicted molar refractivity (Wildman–Crippen MR) is 85.7 cm³/mol. The van der Waals surface area contributed by atoms with Crippen molar-refractivity contribution in [2.45, 2.75) is 19.4 Å². The first kappa shape index (κ1) is 17.9. The molecule has 24 heavy (non-hydrogen) atoms. The first-order chi connectivity index (χ1) is 11.4. The standard InChI is InChI=1S/C17H14ClF2NO3/c1-10(17(23)21-15-7-6-12(19)9-13(15)18)24-16(22)8-11-4-2-3-5-14(11)20/h2-7,9-10H,8H2,1H3,(H,21,23)/t10-/m1/s1. The van der Waals surface area contributed by atoms with Crippen molar-refractivity contribution < 1.29 is 23.1 Å². The van der Waals surface area contributed by atoms with E-state index in [4.69, 9.17) is 16.3 Å². The SMILES string of the molecule is C[C@@H](OC(=O)Cc1ccccc1F)C(=O)Nc1ccc(F)cc1Cl. The van der Waals surface area contributed by atoms with Crippen LogP contribution in [-0.4, -0.2) is 18.0 Å². The number of ether oxygens (including phenoxy) is 1. The molecule has 0 fully saturated rings. The van der Waals surface area contributed by atoms with Crippen molar-refractivity contribution in [2.75, 3.05) is 5.32 Å². The molecule has 4 nitrogen and oxygen atoms in total. The van der Waals surface area contributed by atoms with Gasteiger partial charge in [-0.25, -0.2) is 8.78 Å². The van der Waals surface area contributed by atoms with Crippen LogP contribution in [0, 0.1) is 11.6 Å². The van der Waals surface area contributed by atoms with Crippen LogP contribution in [-0.2, 0) is 20.7 Å². The number of amides is 1. The van der Waals surface area contributed by atoms with Gasteiger partial charge in [-0.3, -0.25) is 9.59 Å². The lowest BCUT2D eigenvalue weighted by molar-refractivity contribution is -0.152. The van der Waals surface area contributed by atoms with Crippen molar-refractivity contribution in [3.8, 4) is 0 Å². The topological polar surface area (TPSA) is 55.4 Å². The molecule has 2 aromatic rings. The van der Waals surface area contributed by atoms with Gasteiger partial charge in [-0.05, 0) is 36.8 Å². The van der Waals surface area contributed by atoms with Crippen LogP contribution in [0.25, 0.3) is 0 Å². The molecule has 0 radical (unpaired) electrons. The molecule has 0 aromatic heterocycles. The Hall–Kier alpha value is -2.47. The van der Waals surface area contributed by atoms with Crippen LogP contribution in [0.4, 0.5) is 14.5 Å². The third-order valence-corrected chi connectivity index (χ3v) is 3.47. The third-order valence-electron chi connectivity index (χ3n) is 3.16. The zero-order valence-corrected chi connectivity index (χ0v) is 13.4. The van der Waals surface area contributed by atoms with Crippen molar-refractivity contribution in [1.82, 2.24) is 0 Å². The summed E-state index contributed by atoms with van der Waals surface area (Å²) in [4.78, 5) is 23.8. The molecule has 0 aliphatic carbocycles. The summed E-state index contributed by atoms with van der Waals surface area (Å²) in [5.74, 6) is -2.44. The van der Waals surface area contributed by atoms with Crippen LogP contribution in [0.2, 0.25) is 5.02 Å². The highest BCUT2D eigenvalue weighted by Crippen LogP contribution is 2.22. The summed E-state index contributed by atoms with van der Waals surface area (Å²) in [6.07, 6.45) is -1.41. The normalized spacial score (nSPS) is 11.7. The van der Waals surface area contributed by atoms with Crippen LogP contribution in [0.5, 0.6) is 0 Å². The lowest BCUT2D eigenvalue weighted by Gasteiger charge is -2.14. The van der Waals surface area contributed by atoms with Crippen LogP contribution in [0.1, 0.15) is 12.5 Å². The van der Waals surface area contributed by atoms with E-state index in [-0.39, 0.29) is 22.7 Å². The van der Waals surface area contributed by atoms with Crippen molar-refractivity contribution in [3.63, 3.8) is 0 Å². The quantitative estimate of drug-likeness (QED) is 0.833. The Morgan fingerprint density at radius 2 is 1.92 bits per heavy atom. The van der Waals surface area contributed by atoms with E-state index in [1.165, 1.54) is 31.2 Å². The maximum atomic E-state index is 13.5. The fourth-order valence-electron chi connectivity index (χ4n) is 1.91. The van der Waals surface area contributed by atoms with Gasteiger partial charge in [-0.2, -0.15) is 0 Å². The molecule has 0 spiro atoms. The fraction of sp³-hybridized carbons (Fsp3) is 0.176. The van der Waals surface area contributed by atoms with Gasteiger partial charge in [0.15, 0.2) is 6.10 Å². The molecule has 0 saturated heterocycles. The predicted octanol–water partition coefficient (Wildman–Crippen LogP) is 3.73. The third kappa shape index (κ3) is 4.76. The summed E-state index contributed by atoms with van der Waals surface area (Å²) in [6.45, 7) is 1.37. The molecule has 1 atom stereocenters. The number of rotatable bonds is 5. The van der Waals surface area contributed by atoms with Gasteiger partial charge in [0.05, 0.1) is 17.1 Å². The largest absolute Gasteiger partial charge is 0.452 e. The number of esters is 1. The monoisotopic (exact) mass is 353 g/mol. The molecule has 0 bridgehead atoms. The second-order valence-electron chi connectivity index (χ2n) is 5.01. The molecular weight excluding hydrogens is 340 g/mol. The smallest absolute Gasteiger partial charge is 0.311 e. The number of hydrogen-bond donors (Lipinski definition) is 1. The molecule has 7 heteroatoms. The van der Waals surface area contributed by atoms with E-state index in [1.807, 2.05) is 0 Å². The molecule has 0 aliphatic heterocycles. The Morgan fingerprint density at radius 3 is 2.58 bits per heavy atom. The van der Waals surface area contributed by atoms with Gasteiger partial charge < -0.3 is 10.1 Å². The average Bonchev–Trinajstić information content (AvgIpc) is 2.52. The highest BCUT2D eigenvalue weighted by molar-refractivity contribution is 6.33. The van der Waals surface area contributed by atoms with Gasteiger partial charge in [0.1, 0.15) is 11.6 Å². The zero-order valence-electron chi connectivity index (χ0n) is 12.7. The van der Waals surface area contributed by atoms with Crippen molar-refractivity contribution in [3.05, 3.63) is 64.7 Å². The Balaban J connectivity index is 1.93. The van der Waals surface area contributed by atoms with E-state index in [0.717, 1.165) is 12.1 Å². The number of benzene rings is 2. The summed E-state index contributed by atoms with van der Waals surface area (Å²) in [5.41, 5.74) is 0.372. The molecule has 126 valence electrons. The molecule has 0 unspecified atom stereocenters. The minimum Gasteiger partial charge on any atom is -0.452 e. The summed E-state index contributed by atoms with van der Waals surface area (Å²) in [5, 5.41) is 2.45. The zero-order chi connectivity index (χ0) is 17.7. The van der Waals surface area contributed by atoms with E-state index in [1.54, 1.807) is 6.07 Å². The van der Waals surface area contributed by atoms with Crippen LogP contribution in [0.3, 0.4) is 0 Å². The van der Waals surface area contributed by atoms with Gasteiger partial charge >= 0.3 is 5.97 Å². The Bertz CT molecular complexity index is 767. The number of hydrogen-bond acceptors (Lipinski definition) is 3. The van der Waals surface area contributed by atoms with Gasteiger partial charge in [0.25, 0.3) is 5.91 Å². The molecule has 2 aromatic carbocycles. The Labute approximate surface area is 142 Å². The molecule has 1 amide bonds. The summed E-state index contributed by atoms with van der Waals surface area (Å²) < 4.78 is 31.4. The minimum atomic E-state index is -1.12. The van der Waals surface area contributed by atoms with Gasteiger partial charge in [-0.1, -0.05) is 29.8 Å². The van der Waals surface area contributed by atoms with E-state index in [9.17, 15) is 18.4 Å². The maximum Gasteiger partial charge on any atom is 0.311 e. The van der Waals surface area contributed by atoms with E-state index >= 15 is 0 Å². The number of nitrogens with one attached hydrogen (secondary N) is 1. The first-order valence-electron chi connectivity index (χ1n) is 7.05. The first-order valence-corrected chi connectivity index (χ1v) is 7.43. The summed E-state index contributed by atoms with van der Waals surface area (Å²) in [6, 6.07) is 9.27. The van der Waals surface area contributed by atoms with Gasteiger partial charge in [0, 0.05) is 0 Å². The van der Waals surface area contributed by atoms with Crippen molar-refractivity contribution in [2.24, 2.45) is 0 Å². The van der Waals surface area contributed by atoms with Crippen LogP contribution < -0.4 is 5.32 Å². The molecule has 0 saturated carbocycles. The number of carbonyl (C=O) groups is 2. The van der Waals surface area contributed by atoms with E-state index in [0.29, 0.717) is 0 Å². The Morgan fingerprint density at radius 1 is 1.21 bits per heavy atom. The van der Waals surface area contributed by atoms with Gasteiger partial charge in [-0.15, -0.1) is 0 Å². The average molecular weight is 354 g/mol. The maximum absolute atomic E-state index is 13.5. The molecule has 2 rings (SSSR count). The molecule has 1 N–H and O–H groups in total. The van der Waals surface area contributed by atoms with Gasteiger partial charge in [0.2, 0.25) is 0 Å². The Kier molecular flexibility index (Phi) is 5.87. The van der Waals surface area contributed by atoms with E-state index < -0.39 is 29.6 Å². The number of carbonyl (C=O) groups excluding carboxylic acids is 2. The summed E-state index contributed by atoms with van der Waals surface area (Å²) >= 11 is 5.80. The second kappa shape index (κ2) is 7.88. The van der Waals surface area contributed by atoms with Crippen LogP contribution in [0.15, 0.2) is 42.5 Å². The van der Waals surface area contributed by atoms with Crippen molar-refractivity contribution >= 4 is 29.2 Å². The molecule has 0 aliphatic rings. The van der Waals surface area contributed by atoms with E-state index in [2.05, 4.69) is 5.32 Å². The lowest BCUT2D eigenvalue weighted by atomic mass is 10.1. The highest BCUT2D eigenvalue weighted by Gasteiger charge is 2.19. The summed E-state index contributed by atoms with van der Waals surface area (Å²) in [7, 11) is 0. The highest BCUT2D eigenvalue weighted by atomic mass is 35.5.